The third-order valence-electron chi connectivity index (χ3n) is 6.13. The summed E-state index contributed by atoms with van der Waals surface area (Å²) in [6.45, 7) is 5.24. The Morgan fingerprint density at radius 1 is 0.867 bits per heavy atom. The summed E-state index contributed by atoms with van der Waals surface area (Å²) in [5.41, 5.74) is -1.51. The van der Waals surface area contributed by atoms with Crippen LogP contribution in [0.3, 0.4) is 0 Å². The topological polar surface area (TPSA) is 65.2 Å². The number of hydrogen-bond donors (Lipinski definition) is 0. The summed E-state index contributed by atoms with van der Waals surface area (Å²) in [5, 5.41) is 11.7. The molecule has 0 aromatic heterocycles. The lowest BCUT2D eigenvalue weighted by Crippen LogP contribution is -2.38. The zero-order valence-corrected chi connectivity index (χ0v) is 17.7. The number of halogens is 3. The molecule has 0 spiro atoms. The minimum Gasteiger partial charge on any atom is -0.258 e. The molecule has 1 aromatic carbocycles. The van der Waals surface area contributed by atoms with Crippen LogP contribution in [0.4, 0.5) is 24.5 Å². The molecule has 30 heavy (non-hydrogen) atoms. The van der Waals surface area contributed by atoms with Gasteiger partial charge in [-0.25, -0.2) is 18.8 Å². The highest BCUT2D eigenvalue weighted by atomic mass is 31.2. The Hall–Kier alpha value is -1.48. The first kappa shape index (κ1) is 21.7. The van der Waals surface area contributed by atoms with Gasteiger partial charge >= 0.3 is 6.18 Å². The highest BCUT2D eigenvalue weighted by Gasteiger charge is 2.44. The molecule has 0 saturated carbocycles. The van der Waals surface area contributed by atoms with E-state index >= 15 is 0 Å². The van der Waals surface area contributed by atoms with E-state index in [1.807, 2.05) is 0 Å². The number of rotatable bonds is 5. The number of alkyl halides is 3. The standard InChI is InChI=1S/C19H27F3N5O2P/c20-19(21,22)16-7-8-17(18(15-16)27(28)29)23-30(24-9-1-2-10-24,25-11-3-4-12-25)26-13-5-6-14-26/h7-8,15H,1-6,9-14H2. The molecule has 0 bridgehead atoms. The van der Waals surface area contributed by atoms with Gasteiger partial charge < -0.3 is 0 Å². The summed E-state index contributed by atoms with van der Waals surface area (Å²) in [6.07, 6.45) is 1.67. The summed E-state index contributed by atoms with van der Waals surface area (Å²) >= 11 is 0. The molecule has 0 atom stereocenters. The van der Waals surface area contributed by atoms with Crippen molar-refractivity contribution < 1.29 is 18.1 Å². The van der Waals surface area contributed by atoms with E-state index in [4.69, 9.17) is 4.74 Å². The first-order valence-electron chi connectivity index (χ1n) is 10.6. The zero-order chi connectivity index (χ0) is 21.4. The maximum atomic E-state index is 13.2. The minimum absolute atomic E-state index is 0.0621. The van der Waals surface area contributed by atoms with E-state index in [0.29, 0.717) is 6.07 Å². The van der Waals surface area contributed by atoms with E-state index in [1.165, 1.54) is 6.07 Å². The average molecular weight is 445 g/mol. The maximum Gasteiger partial charge on any atom is 0.416 e. The lowest BCUT2D eigenvalue weighted by atomic mass is 10.1. The molecule has 0 unspecified atom stereocenters. The van der Waals surface area contributed by atoms with E-state index in [1.54, 1.807) is 0 Å². The van der Waals surface area contributed by atoms with Crippen LogP contribution < -0.4 is 0 Å². The third-order valence-corrected chi connectivity index (χ3v) is 10.1. The Bertz CT molecular complexity index is 798. The van der Waals surface area contributed by atoms with Gasteiger partial charge in [-0.2, -0.15) is 13.2 Å². The van der Waals surface area contributed by atoms with Crippen molar-refractivity contribution in [3.63, 3.8) is 0 Å². The van der Waals surface area contributed by atoms with Crippen molar-refractivity contribution in [1.29, 1.82) is 0 Å². The SMILES string of the molecule is O=[N+]([O-])c1cc(C(F)(F)F)ccc1N=P(N1CCCC1)(N1CCCC1)N1CCCC1. The number of nitro groups is 1. The first-order valence-corrected chi connectivity index (χ1v) is 12.2. The van der Waals surface area contributed by atoms with Crippen LogP contribution >= 0.6 is 7.51 Å². The largest absolute Gasteiger partial charge is 0.416 e. The molecule has 1 aromatic rings. The van der Waals surface area contributed by atoms with Crippen LogP contribution in [0, 0.1) is 10.1 Å². The van der Waals surface area contributed by atoms with Crippen LogP contribution in [0.15, 0.2) is 22.9 Å². The van der Waals surface area contributed by atoms with Gasteiger partial charge in [0.15, 0.2) is 7.51 Å². The number of hydrogen-bond acceptors (Lipinski definition) is 3. The lowest BCUT2D eigenvalue weighted by molar-refractivity contribution is -0.384. The van der Waals surface area contributed by atoms with Crippen molar-refractivity contribution in [3.8, 4) is 0 Å². The highest BCUT2D eigenvalue weighted by Crippen LogP contribution is 2.64. The van der Waals surface area contributed by atoms with Crippen LogP contribution in [0.5, 0.6) is 0 Å². The summed E-state index contributed by atoms with van der Waals surface area (Å²) < 4.78 is 51.7. The summed E-state index contributed by atoms with van der Waals surface area (Å²) in [6, 6.07) is 2.74. The molecule has 3 aliphatic heterocycles. The molecule has 0 amide bonds. The van der Waals surface area contributed by atoms with Gasteiger partial charge in [0.1, 0.15) is 5.69 Å². The van der Waals surface area contributed by atoms with Crippen molar-refractivity contribution in [1.82, 2.24) is 14.0 Å². The van der Waals surface area contributed by atoms with Gasteiger partial charge in [-0.3, -0.25) is 10.1 Å². The fourth-order valence-electron chi connectivity index (χ4n) is 4.71. The van der Waals surface area contributed by atoms with Crippen molar-refractivity contribution in [2.45, 2.75) is 44.7 Å². The molecule has 0 radical (unpaired) electrons. The second kappa shape index (κ2) is 8.57. The van der Waals surface area contributed by atoms with Gasteiger partial charge in [-0.05, 0) is 50.7 Å². The van der Waals surface area contributed by atoms with Gasteiger partial charge in [0.25, 0.3) is 5.69 Å². The van der Waals surface area contributed by atoms with Crippen molar-refractivity contribution in [2.24, 2.45) is 4.74 Å². The monoisotopic (exact) mass is 445 g/mol. The third kappa shape index (κ3) is 4.02. The number of nitro benzene ring substituents is 1. The second-order valence-corrected chi connectivity index (χ2v) is 11.0. The predicted octanol–water partition coefficient (Wildman–Crippen LogP) is 5.48. The molecule has 3 saturated heterocycles. The van der Waals surface area contributed by atoms with Crippen molar-refractivity contribution >= 4 is 18.9 Å². The quantitative estimate of drug-likeness (QED) is 0.341. The molecule has 4 rings (SSSR count). The van der Waals surface area contributed by atoms with Crippen LogP contribution in [-0.2, 0) is 6.18 Å². The minimum atomic E-state index is -4.63. The van der Waals surface area contributed by atoms with Crippen LogP contribution in [0.2, 0.25) is 0 Å². The normalized spacial score (nSPS) is 22.1. The fourth-order valence-corrected chi connectivity index (χ4v) is 9.08. The van der Waals surface area contributed by atoms with Gasteiger partial charge in [-0.15, -0.1) is 0 Å². The molecule has 0 N–H and O–H groups in total. The van der Waals surface area contributed by atoms with E-state index in [-0.39, 0.29) is 5.69 Å². The maximum absolute atomic E-state index is 13.2. The fraction of sp³-hybridized carbons (Fsp3) is 0.684. The first-order chi connectivity index (χ1) is 14.3. The summed E-state index contributed by atoms with van der Waals surface area (Å²) in [4.78, 5) is 11.0. The lowest BCUT2D eigenvalue weighted by Gasteiger charge is -2.45. The summed E-state index contributed by atoms with van der Waals surface area (Å²) in [5.74, 6) is 0. The molecule has 166 valence electrons. The molecule has 3 aliphatic rings. The Morgan fingerprint density at radius 3 is 1.67 bits per heavy atom. The van der Waals surface area contributed by atoms with E-state index in [2.05, 4.69) is 14.0 Å². The second-order valence-electron chi connectivity index (χ2n) is 8.08. The van der Waals surface area contributed by atoms with E-state index < -0.39 is 29.9 Å². The number of nitrogens with zero attached hydrogens (tertiary/aromatic N) is 5. The molecular formula is C19H27F3N5O2P. The van der Waals surface area contributed by atoms with Crippen LogP contribution in [0.25, 0.3) is 0 Å². The van der Waals surface area contributed by atoms with Crippen LogP contribution in [-0.4, -0.2) is 58.2 Å². The average Bonchev–Trinajstić information content (AvgIpc) is 3.49. The molecule has 11 heteroatoms. The Morgan fingerprint density at radius 2 is 1.30 bits per heavy atom. The molecule has 3 heterocycles. The zero-order valence-electron chi connectivity index (χ0n) is 16.9. The van der Waals surface area contributed by atoms with Gasteiger partial charge in [0.05, 0.1) is 10.5 Å². The number of benzene rings is 1. The Kier molecular flexibility index (Phi) is 6.21. The van der Waals surface area contributed by atoms with Crippen molar-refractivity contribution in [3.05, 3.63) is 33.9 Å². The smallest absolute Gasteiger partial charge is 0.258 e. The molecular weight excluding hydrogens is 418 g/mol. The Labute approximate surface area is 174 Å². The molecule has 7 nitrogen and oxygen atoms in total. The predicted molar refractivity (Wildman–Crippen MR) is 110 cm³/mol. The van der Waals surface area contributed by atoms with Crippen LogP contribution in [0.1, 0.15) is 44.1 Å². The Balaban J connectivity index is 1.91. The van der Waals surface area contributed by atoms with Gasteiger partial charge in [0, 0.05) is 45.3 Å². The highest BCUT2D eigenvalue weighted by molar-refractivity contribution is 7.59. The van der Waals surface area contributed by atoms with Gasteiger partial charge in [0.2, 0.25) is 0 Å². The van der Waals surface area contributed by atoms with Crippen molar-refractivity contribution in [2.75, 3.05) is 39.3 Å². The molecule has 0 aliphatic carbocycles. The van der Waals surface area contributed by atoms with E-state index in [9.17, 15) is 23.3 Å². The van der Waals surface area contributed by atoms with Gasteiger partial charge in [-0.1, -0.05) is 0 Å². The molecule has 3 fully saturated rings. The summed E-state index contributed by atoms with van der Waals surface area (Å²) in [7, 11) is -2.44. The van der Waals surface area contributed by atoms with E-state index in [0.717, 1.165) is 83.9 Å².